The minimum atomic E-state index is 0.727. The lowest BCUT2D eigenvalue weighted by Crippen LogP contribution is -2.22. The zero-order valence-corrected chi connectivity index (χ0v) is 7.35. The van der Waals surface area contributed by atoms with Crippen LogP contribution in [0.15, 0.2) is 0 Å². The van der Waals surface area contributed by atoms with Gasteiger partial charge in [0.2, 0.25) is 0 Å². The molecule has 2 rings (SSSR count). The highest BCUT2D eigenvalue weighted by Crippen LogP contribution is 2.60. The minimum Gasteiger partial charge on any atom is -0.0620 e. The molecule has 0 aromatic heterocycles. The lowest BCUT2D eigenvalue weighted by atomic mass is 9.75. The first-order valence-corrected chi connectivity index (χ1v) is 4.64. The van der Waals surface area contributed by atoms with Crippen LogP contribution in [-0.2, 0) is 0 Å². The van der Waals surface area contributed by atoms with Crippen LogP contribution in [0.4, 0.5) is 0 Å². The van der Waals surface area contributed by atoms with E-state index in [9.17, 15) is 0 Å². The van der Waals surface area contributed by atoms with Crippen molar-refractivity contribution in [1.82, 2.24) is 0 Å². The summed E-state index contributed by atoms with van der Waals surface area (Å²) in [6, 6.07) is 0. The van der Waals surface area contributed by atoms with Crippen molar-refractivity contribution in [1.29, 1.82) is 0 Å². The van der Waals surface area contributed by atoms with Crippen LogP contribution < -0.4 is 0 Å². The van der Waals surface area contributed by atoms with Gasteiger partial charge in [-0.2, -0.15) is 0 Å². The van der Waals surface area contributed by atoms with E-state index < -0.39 is 0 Å². The molecule has 0 amide bonds. The summed E-state index contributed by atoms with van der Waals surface area (Å²) in [5.74, 6) is 3.10. The molecule has 0 radical (unpaired) electrons. The van der Waals surface area contributed by atoms with E-state index in [1.807, 2.05) is 0 Å². The van der Waals surface area contributed by atoms with Crippen LogP contribution in [0.25, 0.3) is 0 Å². The Balaban J connectivity index is 2.29. The van der Waals surface area contributed by atoms with Crippen molar-refractivity contribution in [2.75, 3.05) is 0 Å². The van der Waals surface area contributed by atoms with Crippen molar-refractivity contribution in [2.24, 2.45) is 23.2 Å². The number of rotatable bonds is 0. The third kappa shape index (κ3) is 0.580. The first-order chi connectivity index (χ1) is 4.64. The van der Waals surface area contributed by atoms with Gasteiger partial charge in [-0.15, -0.1) is 0 Å². The van der Waals surface area contributed by atoms with Crippen LogP contribution in [0, 0.1) is 23.2 Å². The predicted molar refractivity (Wildman–Crippen MR) is 43.8 cm³/mol. The second-order valence-electron chi connectivity index (χ2n) is 4.73. The summed E-state index contributed by atoms with van der Waals surface area (Å²) in [4.78, 5) is 0. The van der Waals surface area contributed by atoms with Crippen LogP contribution in [0.1, 0.15) is 40.0 Å². The topological polar surface area (TPSA) is 0 Å². The molecule has 58 valence electrons. The van der Waals surface area contributed by atoms with E-state index in [-0.39, 0.29) is 0 Å². The van der Waals surface area contributed by atoms with Gasteiger partial charge in [0, 0.05) is 0 Å². The fourth-order valence-electron chi connectivity index (χ4n) is 3.25. The Kier molecular flexibility index (Phi) is 1.19. The molecule has 2 fully saturated rings. The van der Waals surface area contributed by atoms with Crippen LogP contribution in [0.2, 0.25) is 0 Å². The van der Waals surface area contributed by atoms with Crippen molar-refractivity contribution < 1.29 is 0 Å². The lowest BCUT2D eigenvalue weighted by Gasteiger charge is -2.30. The average molecular weight is 138 g/mol. The van der Waals surface area contributed by atoms with Crippen LogP contribution in [-0.4, -0.2) is 0 Å². The molecule has 4 unspecified atom stereocenters. The molecule has 10 heavy (non-hydrogen) atoms. The molecule has 2 aliphatic rings. The SMILES string of the molecule is CC1CC2CCC1(C)C2C. The van der Waals surface area contributed by atoms with E-state index in [4.69, 9.17) is 0 Å². The number of hydrogen-bond donors (Lipinski definition) is 0. The molecular weight excluding hydrogens is 120 g/mol. The Labute approximate surface area is 64.0 Å². The van der Waals surface area contributed by atoms with Gasteiger partial charge in [-0.25, -0.2) is 0 Å². The summed E-state index contributed by atoms with van der Waals surface area (Å²) in [6.07, 6.45) is 4.53. The molecule has 0 heterocycles. The summed E-state index contributed by atoms with van der Waals surface area (Å²) >= 11 is 0. The van der Waals surface area contributed by atoms with Crippen molar-refractivity contribution >= 4 is 0 Å². The Bertz CT molecular complexity index is 150. The Morgan fingerprint density at radius 1 is 1.30 bits per heavy atom. The van der Waals surface area contributed by atoms with Gasteiger partial charge in [-0.3, -0.25) is 0 Å². The van der Waals surface area contributed by atoms with E-state index in [0.717, 1.165) is 23.2 Å². The molecule has 0 aromatic rings. The average Bonchev–Trinajstić information content (AvgIpc) is 2.25. The van der Waals surface area contributed by atoms with Gasteiger partial charge in [0.1, 0.15) is 0 Å². The van der Waals surface area contributed by atoms with E-state index in [2.05, 4.69) is 20.8 Å². The molecule has 0 heteroatoms. The molecule has 2 bridgehead atoms. The third-order valence-electron chi connectivity index (χ3n) is 4.58. The van der Waals surface area contributed by atoms with Crippen molar-refractivity contribution in [2.45, 2.75) is 40.0 Å². The molecule has 0 aromatic carbocycles. The fraction of sp³-hybridized carbons (Fsp3) is 1.00. The summed E-state index contributed by atoms with van der Waals surface area (Å²) in [5.41, 5.74) is 0.727. The Hall–Kier alpha value is 0. The standard InChI is InChI=1S/C10H18/c1-7-6-9-4-5-10(7,3)8(9)2/h7-9H,4-6H2,1-3H3. The minimum absolute atomic E-state index is 0.727. The number of fused-ring (bicyclic) bond motifs is 2. The third-order valence-corrected chi connectivity index (χ3v) is 4.58. The van der Waals surface area contributed by atoms with E-state index in [0.29, 0.717) is 0 Å². The number of hydrogen-bond acceptors (Lipinski definition) is 0. The van der Waals surface area contributed by atoms with Crippen molar-refractivity contribution in [3.63, 3.8) is 0 Å². The van der Waals surface area contributed by atoms with Gasteiger partial charge in [0.25, 0.3) is 0 Å². The second kappa shape index (κ2) is 1.78. The van der Waals surface area contributed by atoms with Crippen LogP contribution >= 0.6 is 0 Å². The highest BCUT2D eigenvalue weighted by molar-refractivity contribution is 5.01. The summed E-state index contributed by atoms with van der Waals surface area (Å²) in [7, 11) is 0. The van der Waals surface area contributed by atoms with Gasteiger partial charge < -0.3 is 0 Å². The molecular formula is C10H18. The molecule has 0 spiro atoms. The summed E-state index contributed by atoms with van der Waals surface area (Å²) in [5, 5.41) is 0. The van der Waals surface area contributed by atoms with Gasteiger partial charge in [0.05, 0.1) is 0 Å². The normalized spacial score (nSPS) is 59.7. The fourth-order valence-corrected chi connectivity index (χ4v) is 3.25. The molecule has 0 nitrogen and oxygen atoms in total. The van der Waals surface area contributed by atoms with Gasteiger partial charge in [0.15, 0.2) is 0 Å². The van der Waals surface area contributed by atoms with Gasteiger partial charge >= 0.3 is 0 Å². The maximum absolute atomic E-state index is 2.50. The monoisotopic (exact) mass is 138 g/mol. The van der Waals surface area contributed by atoms with Gasteiger partial charge in [-0.05, 0) is 42.4 Å². The van der Waals surface area contributed by atoms with E-state index in [1.165, 1.54) is 19.3 Å². The van der Waals surface area contributed by atoms with Gasteiger partial charge in [-0.1, -0.05) is 20.8 Å². The van der Waals surface area contributed by atoms with Crippen molar-refractivity contribution in [3.05, 3.63) is 0 Å². The maximum atomic E-state index is 2.50. The molecule has 2 saturated carbocycles. The lowest BCUT2D eigenvalue weighted by molar-refractivity contribution is 0.192. The quantitative estimate of drug-likeness (QED) is 0.482. The smallest absolute Gasteiger partial charge is 0.0272 e. The molecule has 0 saturated heterocycles. The first-order valence-electron chi connectivity index (χ1n) is 4.64. The van der Waals surface area contributed by atoms with E-state index >= 15 is 0 Å². The van der Waals surface area contributed by atoms with Crippen molar-refractivity contribution in [3.8, 4) is 0 Å². The predicted octanol–water partition coefficient (Wildman–Crippen LogP) is 3.08. The van der Waals surface area contributed by atoms with Crippen LogP contribution in [0.5, 0.6) is 0 Å². The Morgan fingerprint density at radius 3 is 2.20 bits per heavy atom. The largest absolute Gasteiger partial charge is 0.0620 e. The molecule has 0 N–H and O–H groups in total. The highest BCUT2D eigenvalue weighted by Gasteiger charge is 2.51. The summed E-state index contributed by atoms with van der Waals surface area (Å²) < 4.78 is 0. The zero-order valence-electron chi connectivity index (χ0n) is 7.35. The second-order valence-corrected chi connectivity index (χ2v) is 4.73. The maximum Gasteiger partial charge on any atom is -0.0272 e. The molecule has 4 atom stereocenters. The summed E-state index contributed by atoms with van der Waals surface area (Å²) in [6.45, 7) is 7.40. The highest BCUT2D eigenvalue weighted by atomic mass is 14.6. The Morgan fingerprint density at radius 2 is 2.00 bits per heavy atom. The molecule has 2 aliphatic carbocycles. The first kappa shape index (κ1) is 6.69. The zero-order chi connectivity index (χ0) is 7.35. The molecule has 0 aliphatic heterocycles. The van der Waals surface area contributed by atoms with E-state index in [1.54, 1.807) is 0 Å². The van der Waals surface area contributed by atoms with Crippen LogP contribution in [0.3, 0.4) is 0 Å².